The van der Waals surface area contributed by atoms with E-state index in [1.165, 1.54) is 0 Å². The maximum atomic E-state index is 12.7. The van der Waals surface area contributed by atoms with Gasteiger partial charge in [-0.3, -0.25) is 4.99 Å². The van der Waals surface area contributed by atoms with Gasteiger partial charge in [0.25, 0.3) is 0 Å². The zero-order chi connectivity index (χ0) is 14.6. The minimum Gasteiger partial charge on any atom is -0.386 e. The first-order chi connectivity index (χ1) is 9.29. The van der Waals surface area contributed by atoms with Crippen LogP contribution in [0.1, 0.15) is 31.7 Å². The molecule has 2 aliphatic rings. The van der Waals surface area contributed by atoms with Crippen molar-refractivity contribution >= 4 is 31.6 Å². The summed E-state index contributed by atoms with van der Waals surface area (Å²) in [6.07, 6.45) is 2.13. The molecule has 1 aliphatic carbocycles. The highest BCUT2D eigenvalue weighted by Gasteiger charge is 2.57. The Morgan fingerprint density at radius 1 is 1.35 bits per heavy atom. The number of sulfone groups is 1. The Morgan fingerprint density at radius 2 is 2.05 bits per heavy atom. The molecule has 1 aromatic rings. The van der Waals surface area contributed by atoms with Crippen LogP contribution in [0.3, 0.4) is 0 Å². The van der Waals surface area contributed by atoms with Crippen LogP contribution in [0.2, 0.25) is 0 Å². The molecular formula is C14H17BrN2O2S. The quantitative estimate of drug-likeness (QED) is 0.839. The van der Waals surface area contributed by atoms with Crippen molar-refractivity contribution in [3.05, 3.63) is 34.3 Å². The van der Waals surface area contributed by atoms with Gasteiger partial charge in [-0.2, -0.15) is 0 Å². The van der Waals surface area contributed by atoms with Crippen LogP contribution in [-0.2, 0) is 15.4 Å². The Balaban J connectivity index is 2.13. The molecule has 1 saturated carbocycles. The average Bonchev–Trinajstić information content (AvgIpc) is 2.24. The zero-order valence-electron chi connectivity index (χ0n) is 11.3. The van der Waals surface area contributed by atoms with Crippen molar-refractivity contribution in [1.82, 2.24) is 0 Å². The number of benzene rings is 1. The summed E-state index contributed by atoms with van der Waals surface area (Å²) in [6, 6.07) is 7.60. The molecule has 0 bridgehead atoms. The molecule has 3 rings (SSSR count). The zero-order valence-corrected chi connectivity index (χ0v) is 13.7. The van der Waals surface area contributed by atoms with Crippen LogP contribution >= 0.6 is 15.9 Å². The molecule has 0 saturated heterocycles. The third-order valence-corrected chi connectivity index (χ3v) is 7.75. The van der Waals surface area contributed by atoms with Crippen LogP contribution in [0.15, 0.2) is 33.7 Å². The predicted molar refractivity (Wildman–Crippen MR) is 83.5 cm³/mol. The van der Waals surface area contributed by atoms with Gasteiger partial charge in [0.1, 0.15) is 10.6 Å². The van der Waals surface area contributed by atoms with Gasteiger partial charge in [0.15, 0.2) is 9.84 Å². The van der Waals surface area contributed by atoms with E-state index in [0.717, 1.165) is 16.5 Å². The molecule has 1 fully saturated rings. The Morgan fingerprint density at radius 3 is 2.55 bits per heavy atom. The maximum Gasteiger partial charge on any atom is 0.165 e. The maximum absolute atomic E-state index is 12.7. The van der Waals surface area contributed by atoms with Gasteiger partial charge < -0.3 is 5.73 Å². The Labute approximate surface area is 127 Å². The summed E-state index contributed by atoms with van der Waals surface area (Å²) in [7, 11) is -3.28. The van der Waals surface area contributed by atoms with E-state index in [2.05, 4.69) is 20.9 Å². The highest BCUT2D eigenvalue weighted by atomic mass is 79.9. The summed E-state index contributed by atoms with van der Waals surface area (Å²) in [5.74, 6) is 0.314. The lowest BCUT2D eigenvalue weighted by Gasteiger charge is -2.46. The van der Waals surface area contributed by atoms with E-state index in [-0.39, 0.29) is 11.6 Å². The van der Waals surface area contributed by atoms with E-state index in [1.54, 1.807) is 0 Å². The lowest BCUT2D eigenvalue weighted by atomic mass is 9.82. The molecule has 1 aromatic carbocycles. The number of hydrogen-bond acceptors (Lipinski definition) is 4. The summed E-state index contributed by atoms with van der Waals surface area (Å²) in [4.78, 5) is 4.59. The standard InChI is InChI=1S/C14H17BrN2O2S/c1-13(10-4-2-5-11(15)8-10)9-20(18,19)14(6-3-7-14)12(16)17-13/h2,4-5,8H,3,6-7,9H2,1H3,(H2,16,17)/t13-/m0/s1. The number of halogens is 1. The number of nitrogens with two attached hydrogens (primary N) is 1. The monoisotopic (exact) mass is 356 g/mol. The Hall–Kier alpha value is -0.880. The van der Waals surface area contributed by atoms with Gasteiger partial charge in [-0.1, -0.05) is 28.1 Å². The van der Waals surface area contributed by atoms with Gasteiger partial charge in [-0.05, 0) is 43.9 Å². The van der Waals surface area contributed by atoms with E-state index in [0.29, 0.717) is 12.8 Å². The molecule has 1 aliphatic heterocycles. The Bertz CT molecular complexity index is 695. The third-order valence-electron chi connectivity index (χ3n) is 4.51. The summed E-state index contributed by atoms with van der Waals surface area (Å²) in [5, 5.41) is 0. The summed E-state index contributed by atoms with van der Waals surface area (Å²) >= 11 is 3.41. The third kappa shape index (κ3) is 1.84. The van der Waals surface area contributed by atoms with Crippen molar-refractivity contribution in [2.75, 3.05) is 5.75 Å². The first-order valence-corrected chi connectivity index (χ1v) is 9.08. The first kappa shape index (κ1) is 14.1. The highest BCUT2D eigenvalue weighted by Crippen LogP contribution is 2.46. The molecule has 0 unspecified atom stereocenters. The molecule has 6 heteroatoms. The van der Waals surface area contributed by atoms with E-state index in [9.17, 15) is 8.42 Å². The number of amidine groups is 1. The van der Waals surface area contributed by atoms with Gasteiger partial charge >= 0.3 is 0 Å². The molecule has 0 amide bonds. The largest absolute Gasteiger partial charge is 0.386 e. The van der Waals surface area contributed by atoms with Gasteiger partial charge in [0.05, 0.1) is 11.3 Å². The summed E-state index contributed by atoms with van der Waals surface area (Å²) < 4.78 is 25.4. The lowest BCUT2D eigenvalue weighted by molar-refractivity contribution is 0.392. The van der Waals surface area contributed by atoms with Crippen LogP contribution in [0.25, 0.3) is 0 Å². The van der Waals surface area contributed by atoms with Crippen molar-refractivity contribution in [3.8, 4) is 0 Å². The second kappa shape index (κ2) is 4.31. The molecule has 0 aromatic heterocycles. The van der Waals surface area contributed by atoms with Crippen LogP contribution in [0.5, 0.6) is 0 Å². The van der Waals surface area contributed by atoms with Crippen molar-refractivity contribution < 1.29 is 8.42 Å². The second-order valence-electron chi connectivity index (χ2n) is 5.89. The van der Waals surface area contributed by atoms with E-state index < -0.39 is 20.1 Å². The molecule has 1 heterocycles. The van der Waals surface area contributed by atoms with Crippen LogP contribution in [-0.4, -0.2) is 24.8 Å². The first-order valence-electron chi connectivity index (χ1n) is 6.63. The van der Waals surface area contributed by atoms with Crippen LogP contribution in [0.4, 0.5) is 0 Å². The van der Waals surface area contributed by atoms with E-state index >= 15 is 0 Å². The minimum atomic E-state index is -3.28. The Kier molecular flexibility index (Phi) is 3.03. The van der Waals surface area contributed by atoms with E-state index in [4.69, 9.17) is 5.73 Å². The molecule has 1 atom stereocenters. The highest BCUT2D eigenvalue weighted by molar-refractivity contribution is 9.10. The number of aliphatic imine (C=N–C) groups is 1. The average molecular weight is 357 g/mol. The van der Waals surface area contributed by atoms with Gasteiger partial charge in [-0.15, -0.1) is 0 Å². The SMILES string of the molecule is C[C@@]1(c2cccc(Br)c2)CS(=O)(=O)C2(CCC2)C(N)=N1. The van der Waals surface area contributed by atoms with Crippen molar-refractivity contribution in [3.63, 3.8) is 0 Å². The summed E-state index contributed by atoms with van der Waals surface area (Å²) in [5.41, 5.74) is 6.13. The molecule has 4 nitrogen and oxygen atoms in total. The number of rotatable bonds is 1. The fourth-order valence-corrected chi connectivity index (χ4v) is 6.03. The smallest absolute Gasteiger partial charge is 0.165 e. The van der Waals surface area contributed by atoms with E-state index in [1.807, 2.05) is 31.2 Å². The molecular weight excluding hydrogens is 340 g/mol. The predicted octanol–water partition coefficient (Wildman–Crippen LogP) is 2.37. The molecule has 2 N–H and O–H groups in total. The fraction of sp³-hybridized carbons (Fsp3) is 0.500. The normalized spacial score (nSPS) is 30.6. The van der Waals surface area contributed by atoms with Crippen molar-refractivity contribution in [2.24, 2.45) is 10.7 Å². The van der Waals surface area contributed by atoms with Gasteiger partial charge in [0, 0.05) is 4.47 Å². The van der Waals surface area contributed by atoms with Crippen molar-refractivity contribution in [2.45, 2.75) is 36.5 Å². The number of hydrogen-bond donors (Lipinski definition) is 1. The fourth-order valence-electron chi connectivity index (χ4n) is 3.10. The van der Waals surface area contributed by atoms with Crippen molar-refractivity contribution in [1.29, 1.82) is 0 Å². The second-order valence-corrected chi connectivity index (χ2v) is 9.10. The molecule has 20 heavy (non-hydrogen) atoms. The lowest BCUT2D eigenvalue weighted by Crippen LogP contribution is -2.61. The molecule has 1 spiro atoms. The minimum absolute atomic E-state index is 0.0250. The van der Waals surface area contributed by atoms with Gasteiger partial charge in [0.2, 0.25) is 0 Å². The molecule has 0 radical (unpaired) electrons. The number of nitrogens with zero attached hydrogens (tertiary/aromatic N) is 1. The summed E-state index contributed by atoms with van der Waals surface area (Å²) in [6.45, 7) is 1.84. The topological polar surface area (TPSA) is 72.5 Å². The van der Waals surface area contributed by atoms with Crippen LogP contribution in [0, 0.1) is 0 Å². The molecule has 108 valence electrons. The van der Waals surface area contributed by atoms with Crippen LogP contribution < -0.4 is 5.73 Å². The van der Waals surface area contributed by atoms with Gasteiger partial charge in [-0.25, -0.2) is 8.42 Å².